The van der Waals surface area contributed by atoms with Crippen LogP contribution in [0.1, 0.15) is 46.0 Å². The Morgan fingerprint density at radius 2 is 2.00 bits per heavy atom. The molecule has 0 aromatic rings. The van der Waals surface area contributed by atoms with Crippen molar-refractivity contribution < 1.29 is 0 Å². The fourth-order valence-corrected chi connectivity index (χ4v) is 2.16. The van der Waals surface area contributed by atoms with Gasteiger partial charge in [0.2, 0.25) is 0 Å². The van der Waals surface area contributed by atoms with Crippen molar-refractivity contribution in [3.05, 3.63) is 0 Å². The predicted octanol–water partition coefficient (Wildman–Crippen LogP) is 2.55. The van der Waals surface area contributed by atoms with Crippen LogP contribution in [-0.2, 0) is 0 Å². The first-order chi connectivity index (χ1) is 5.22. The van der Waals surface area contributed by atoms with Crippen molar-refractivity contribution in [2.45, 2.75) is 52.0 Å². The Bertz CT molecular complexity index is 99.4. The monoisotopic (exact) mass is 155 g/mol. The zero-order valence-electron chi connectivity index (χ0n) is 7.84. The lowest BCUT2D eigenvalue weighted by Gasteiger charge is -2.15. The minimum Gasteiger partial charge on any atom is -0.328 e. The van der Waals surface area contributed by atoms with E-state index in [0.29, 0.717) is 6.04 Å². The molecule has 0 bridgehead atoms. The van der Waals surface area contributed by atoms with Gasteiger partial charge >= 0.3 is 0 Å². The molecule has 1 unspecified atom stereocenters. The van der Waals surface area contributed by atoms with Crippen molar-refractivity contribution in [2.24, 2.45) is 17.6 Å². The molecule has 0 heterocycles. The molecule has 1 saturated carbocycles. The molecule has 0 amide bonds. The average Bonchev–Trinajstić information content (AvgIpc) is 2.13. The average molecular weight is 155 g/mol. The van der Waals surface area contributed by atoms with Gasteiger partial charge in [-0.3, -0.25) is 0 Å². The van der Waals surface area contributed by atoms with Crippen LogP contribution in [0.5, 0.6) is 0 Å². The van der Waals surface area contributed by atoms with E-state index in [1.54, 1.807) is 0 Å². The van der Waals surface area contributed by atoms with E-state index in [9.17, 15) is 0 Å². The molecule has 66 valence electrons. The molecule has 2 N–H and O–H groups in total. The normalized spacial score (nSPS) is 40.1. The molecule has 1 heteroatoms. The molecule has 1 fully saturated rings. The topological polar surface area (TPSA) is 26.0 Å². The van der Waals surface area contributed by atoms with Gasteiger partial charge in [-0.2, -0.15) is 0 Å². The molecule has 0 spiro atoms. The smallest absolute Gasteiger partial charge is 0.00415 e. The second-order valence-electron chi connectivity index (χ2n) is 4.19. The van der Waals surface area contributed by atoms with Gasteiger partial charge in [0.15, 0.2) is 0 Å². The molecule has 1 rings (SSSR count). The Kier molecular flexibility index (Phi) is 3.38. The summed E-state index contributed by atoms with van der Waals surface area (Å²) in [6.45, 7) is 4.65. The highest BCUT2D eigenvalue weighted by atomic mass is 14.6. The van der Waals surface area contributed by atoms with Crippen LogP contribution in [0.15, 0.2) is 0 Å². The lowest BCUT2D eigenvalue weighted by Crippen LogP contribution is -2.21. The summed E-state index contributed by atoms with van der Waals surface area (Å²) < 4.78 is 0. The third-order valence-corrected chi connectivity index (χ3v) is 2.98. The molecule has 0 saturated heterocycles. The van der Waals surface area contributed by atoms with Gasteiger partial charge in [0.1, 0.15) is 0 Å². The summed E-state index contributed by atoms with van der Waals surface area (Å²) in [6.07, 6.45) is 6.58. The highest BCUT2D eigenvalue weighted by molar-refractivity contribution is 4.75. The van der Waals surface area contributed by atoms with E-state index in [1.807, 2.05) is 0 Å². The van der Waals surface area contributed by atoms with Gasteiger partial charge in [-0.15, -0.1) is 0 Å². The van der Waals surface area contributed by atoms with Gasteiger partial charge in [0.05, 0.1) is 0 Å². The van der Waals surface area contributed by atoms with Crippen molar-refractivity contribution in [3.8, 4) is 0 Å². The van der Waals surface area contributed by atoms with E-state index in [2.05, 4.69) is 13.8 Å². The van der Waals surface area contributed by atoms with Gasteiger partial charge in [-0.05, 0) is 37.5 Å². The lowest BCUT2D eigenvalue weighted by molar-refractivity contribution is 0.380. The first-order valence-corrected chi connectivity index (χ1v) is 4.98. The van der Waals surface area contributed by atoms with Gasteiger partial charge < -0.3 is 5.73 Å². The SMILES string of the molecule is CC[C@@H]1CC(N)CC[C@H](C)C1. The van der Waals surface area contributed by atoms with Gasteiger partial charge in [-0.1, -0.05) is 20.3 Å². The molecule has 11 heavy (non-hydrogen) atoms. The van der Waals surface area contributed by atoms with E-state index < -0.39 is 0 Å². The summed E-state index contributed by atoms with van der Waals surface area (Å²) in [4.78, 5) is 0. The number of hydrogen-bond donors (Lipinski definition) is 1. The third kappa shape index (κ3) is 2.82. The Morgan fingerprint density at radius 1 is 1.27 bits per heavy atom. The second-order valence-corrected chi connectivity index (χ2v) is 4.19. The second kappa shape index (κ2) is 4.10. The largest absolute Gasteiger partial charge is 0.328 e. The quantitative estimate of drug-likeness (QED) is 0.579. The number of rotatable bonds is 1. The zero-order chi connectivity index (χ0) is 8.27. The highest BCUT2D eigenvalue weighted by Gasteiger charge is 2.19. The van der Waals surface area contributed by atoms with Crippen molar-refractivity contribution in [2.75, 3.05) is 0 Å². The maximum atomic E-state index is 5.96. The van der Waals surface area contributed by atoms with Crippen molar-refractivity contribution >= 4 is 0 Å². The zero-order valence-corrected chi connectivity index (χ0v) is 7.84. The molecule has 1 aliphatic carbocycles. The van der Waals surface area contributed by atoms with E-state index in [0.717, 1.165) is 11.8 Å². The standard InChI is InChI=1S/C10H21N/c1-3-9-6-8(2)4-5-10(11)7-9/h8-10H,3-7,11H2,1-2H3/t8-,9-,10?/m0/s1. The van der Waals surface area contributed by atoms with E-state index in [4.69, 9.17) is 5.73 Å². The molecule has 1 aliphatic rings. The molecule has 0 aliphatic heterocycles. The van der Waals surface area contributed by atoms with Crippen LogP contribution in [0.3, 0.4) is 0 Å². The molecule has 0 aromatic carbocycles. The van der Waals surface area contributed by atoms with Gasteiger partial charge in [0.25, 0.3) is 0 Å². The van der Waals surface area contributed by atoms with Crippen LogP contribution in [0.25, 0.3) is 0 Å². The minimum absolute atomic E-state index is 0.491. The van der Waals surface area contributed by atoms with E-state index >= 15 is 0 Å². The Labute approximate surface area is 70.4 Å². The molecule has 3 atom stereocenters. The van der Waals surface area contributed by atoms with Crippen LogP contribution in [0.4, 0.5) is 0 Å². The fraction of sp³-hybridized carbons (Fsp3) is 1.00. The van der Waals surface area contributed by atoms with Gasteiger partial charge in [-0.25, -0.2) is 0 Å². The molecule has 0 aromatic heterocycles. The van der Waals surface area contributed by atoms with Crippen molar-refractivity contribution in [1.82, 2.24) is 0 Å². The van der Waals surface area contributed by atoms with Crippen LogP contribution >= 0.6 is 0 Å². The van der Waals surface area contributed by atoms with Crippen LogP contribution in [-0.4, -0.2) is 6.04 Å². The predicted molar refractivity (Wildman–Crippen MR) is 49.4 cm³/mol. The maximum Gasteiger partial charge on any atom is 0.00415 e. The summed E-state index contributed by atoms with van der Waals surface area (Å²) >= 11 is 0. The summed E-state index contributed by atoms with van der Waals surface area (Å²) in [5.74, 6) is 1.82. The Hall–Kier alpha value is -0.0400. The van der Waals surface area contributed by atoms with Crippen molar-refractivity contribution in [1.29, 1.82) is 0 Å². The Balaban J connectivity index is 2.41. The summed E-state index contributed by atoms with van der Waals surface area (Å²) in [5.41, 5.74) is 5.96. The first kappa shape index (κ1) is 9.05. The first-order valence-electron chi connectivity index (χ1n) is 4.98. The minimum atomic E-state index is 0.491. The number of hydrogen-bond acceptors (Lipinski definition) is 1. The van der Waals surface area contributed by atoms with Crippen LogP contribution < -0.4 is 5.73 Å². The van der Waals surface area contributed by atoms with E-state index in [1.165, 1.54) is 32.1 Å². The summed E-state index contributed by atoms with van der Waals surface area (Å²) in [5, 5.41) is 0. The van der Waals surface area contributed by atoms with Crippen LogP contribution in [0.2, 0.25) is 0 Å². The molecular weight excluding hydrogens is 134 g/mol. The molecule has 1 nitrogen and oxygen atoms in total. The maximum absolute atomic E-state index is 5.96. The summed E-state index contributed by atoms with van der Waals surface area (Å²) in [6, 6.07) is 0.491. The summed E-state index contributed by atoms with van der Waals surface area (Å²) in [7, 11) is 0. The van der Waals surface area contributed by atoms with Crippen LogP contribution in [0, 0.1) is 11.8 Å². The highest BCUT2D eigenvalue weighted by Crippen LogP contribution is 2.28. The lowest BCUT2D eigenvalue weighted by atomic mass is 9.92. The fourth-order valence-electron chi connectivity index (χ4n) is 2.16. The Morgan fingerprint density at radius 3 is 2.64 bits per heavy atom. The van der Waals surface area contributed by atoms with E-state index in [-0.39, 0.29) is 0 Å². The molecular formula is C10H21N. The third-order valence-electron chi connectivity index (χ3n) is 2.98. The number of nitrogens with two attached hydrogens (primary N) is 1. The van der Waals surface area contributed by atoms with Gasteiger partial charge in [0, 0.05) is 6.04 Å². The molecule has 0 radical (unpaired) electrons. The van der Waals surface area contributed by atoms with Crippen molar-refractivity contribution in [3.63, 3.8) is 0 Å².